The number of rotatable bonds is 4. The van der Waals surface area contributed by atoms with Crippen LogP contribution in [0.5, 0.6) is 0 Å². The van der Waals surface area contributed by atoms with Gasteiger partial charge in [-0.2, -0.15) is 39.5 Å². The molecule has 0 atom stereocenters. The molecule has 3 nitrogen and oxygen atoms in total. The molecule has 0 saturated carbocycles. The number of hydrogen-bond donors (Lipinski definition) is 0. The Kier molecular flexibility index (Phi) is 4.12. The van der Waals surface area contributed by atoms with Crippen molar-refractivity contribution in [1.29, 1.82) is 0 Å². The first-order valence-electron chi connectivity index (χ1n) is 5.11. The molecule has 22 heavy (non-hydrogen) atoms. The van der Waals surface area contributed by atoms with E-state index in [9.17, 15) is 49.6 Å². The normalized spacial score (nSPS) is 14.0. The van der Waals surface area contributed by atoms with Gasteiger partial charge in [-0.25, -0.2) is 0 Å². The second-order valence-electron chi connectivity index (χ2n) is 4.03. The zero-order valence-electron chi connectivity index (χ0n) is 9.97. The number of nitro benzene ring substituents is 1. The molecule has 0 aromatic heterocycles. The Hall–Kier alpha value is -2.01. The van der Waals surface area contributed by atoms with Crippen LogP contribution in [0.15, 0.2) is 24.3 Å². The van der Waals surface area contributed by atoms with Crippen molar-refractivity contribution < 1.29 is 44.4 Å². The van der Waals surface area contributed by atoms with E-state index >= 15 is 0 Å². The van der Waals surface area contributed by atoms with Crippen LogP contribution in [0.25, 0.3) is 0 Å². The highest BCUT2D eigenvalue weighted by molar-refractivity contribution is 5.37. The molecule has 1 aromatic rings. The number of alkyl halides is 9. The molecule has 0 aliphatic rings. The van der Waals surface area contributed by atoms with Crippen molar-refractivity contribution >= 4 is 5.69 Å². The van der Waals surface area contributed by atoms with Crippen molar-refractivity contribution in [2.75, 3.05) is 0 Å². The van der Waals surface area contributed by atoms with Crippen molar-refractivity contribution in [3.8, 4) is 0 Å². The molecule has 0 heterocycles. The summed E-state index contributed by atoms with van der Waals surface area (Å²) in [5, 5.41) is 10.3. The summed E-state index contributed by atoms with van der Waals surface area (Å²) in [6.07, 6.45) is -6.94. The minimum absolute atomic E-state index is 0.0768. The van der Waals surface area contributed by atoms with Gasteiger partial charge in [0.1, 0.15) is 0 Å². The maximum absolute atomic E-state index is 13.5. The first kappa shape index (κ1) is 18.0. The fourth-order valence-corrected chi connectivity index (χ4v) is 1.37. The summed E-state index contributed by atoms with van der Waals surface area (Å²) in [5.41, 5.74) is -3.22. The minimum Gasteiger partial charge on any atom is -0.258 e. The molecule has 12 heteroatoms. The van der Waals surface area contributed by atoms with Crippen LogP contribution >= 0.6 is 0 Å². The zero-order valence-corrected chi connectivity index (χ0v) is 9.97. The number of nitrogens with zero attached hydrogens (tertiary/aromatic N) is 1. The number of hydrogen-bond acceptors (Lipinski definition) is 2. The Morgan fingerprint density at radius 1 is 0.864 bits per heavy atom. The van der Waals surface area contributed by atoms with Gasteiger partial charge in [0.15, 0.2) is 0 Å². The molecular formula is C10H4F9NO2. The van der Waals surface area contributed by atoms with E-state index in [2.05, 4.69) is 0 Å². The Balaban J connectivity index is 3.45. The van der Waals surface area contributed by atoms with Crippen LogP contribution in [-0.2, 0) is 5.92 Å². The highest BCUT2D eigenvalue weighted by Gasteiger charge is 2.82. The van der Waals surface area contributed by atoms with E-state index < -0.39 is 40.1 Å². The fourth-order valence-electron chi connectivity index (χ4n) is 1.37. The van der Waals surface area contributed by atoms with E-state index in [4.69, 9.17) is 0 Å². The van der Waals surface area contributed by atoms with E-state index in [1.165, 1.54) is 0 Å². The van der Waals surface area contributed by atoms with Gasteiger partial charge in [0.25, 0.3) is 5.69 Å². The molecule has 0 saturated heterocycles. The van der Waals surface area contributed by atoms with Crippen LogP contribution in [0.3, 0.4) is 0 Å². The third kappa shape index (κ3) is 2.57. The second kappa shape index (κ2) is 5.02. The molecule has 1 rings (SSSR count). The molecule has 1 aromatic carbocycles. The Morgan fingerprint density at radius 2 is 1.36 bits per heavy atom. The average molecular weight is 341 g/mol. The van der Waals surface area contributed by atoms with Gasteiger partial charge in [0, 0.05) is 17.7 Å². The maximum Gasteiger partial charge on any atom is 0.460 e. The van der Waals surface area contributed by atoms with Crippen LogP contribution in [-0.4, -0.2) is 22.9 Å². The van der Waals surface area contributed by atoms with Crippen LogP contribution in [0.2, 0.25) is 0 Å². The first-order chi connectivity index (χ1) is 9.66. The van der Waals surface area contributed by atoms with Crippen molar-refractivity contribution in [2.45, 2.75) is 23.9 Å². The van der Waals surface area contributed by atoms with E-state index in [0.717, 1.165) is 0 Å². The van der Waals surface area contributed by atoms with E-state index in [0.29, 0.717) is 12.1 Å². The molecule has 0 N–H and O–H groups in total. The molecular weight excluding hydrogens is 337 g/mol. The summed E-state index contributed by atoms with van der Waals surface area (Å²) >= 11 is 0. The molecule has 0 aliphatic carbocycles. The fraction of sp³-hybridized carbons (Fsp3) is 0.400. The summed E-state index contributed by atoms with van der Waals surface area (Å²) in [5.74, 6) is -19.9. The lowest BCUT2D eigenvalue weighted by atomic mass is 9.96. The minimum atomic E-state index is -7.05. The van der Waals surface area contributed by atoms with Gasteiger partial charge < -0.3 is 0 Å². The number of benzene rings is 1. The van der Waals surface area contributed by atoms with Crippen LogP contribution in [0.4, 0.5) is 45.2 Å². The average Bonchev–Trinajstić information content (AvgIpc) is 2.37. The molecule has 0 bridgehead atoms. The predicted octanol–water partition coefficient (Wildman–Crippen LogP) is 4.52. The number of nitro groups is 1. The van der Waals surface area contributed by atoms with Crippen LogP contribution < -0.4 is 0 Å². The highest BCUT2D eigenvalue weighted by atomic mass is 19.4. The predicted molar refractivity (Wildman–Crippen MR) is 52.9 cm³/mol. The zero-order chi connectivity index (χ0) is 17.6. The van der Waals surface area contributed by atoms with Gasteiger partial charge in [-0.15, -0.1) is 0 Å². The van der Waals surface area contributed by atoms with Gasteiger partial charge >= 0.3 is 23.9 Å². The standard InChI is InChI=1S/C10H4F9NO2/c11-7(12,5-2-1-3-6(4-5)20(21)22)8(13,14)9(15,16)10(17,18)19/h1-4H. The SMILES string of the molecule is O=[N+]([O-])c1cccc(C(F)(F)C(F)(F)C(F)(F)C(F)(F)F)c1. The Bertz CT molecular complexity index is 582. The largest absolute Gasteiger partial charge is 0.460 e. The topological polar surface area (TPSA) is 43.1 Å². The maximum atomic E-state index is 13.5. The molecule has 124 valence electrons. The summed E-state index contributed by atoms with van der Waals surface area (Å²) in [6, 6.07) is 0.885. The van der Waals surface area contributed by atoms with Gasteiger partial charge in [0.05, 0.1) is 4.92 Å². The first-order valence-corrected chi connectivity index (χ1v) is 5.11. The van der Waals surface area contributed by atoms with Crippen LogP contribution in [0, 0.1) is 10.1 Å². The molecule has 0 amide bonds. The van der Waals surface area contributed by atoms with Gasteiger partial charge in [-0.3, -0.25) is 10.1 Å². The lowest BCUT2D eigenvalue weighted by Crippen LogP contribution is -2.59. The smallest absolute Gasteiger partial charge is 0.258 e. The number of non-ortho nitro benzene ring substituents is 1. The summed E-state index contributed by atoms with van der Waals surface area (Å²) in [6.45, 7) is 0. The van der Waals surface area contributed by atoms with Crippen molar-refractivity contribution in [3.63, 3.8) is 0 Å². The van der Waals surface area contributed by atoms with E-state index in [-0.39, 0.29) is 12.1 Å². The van der Waals surface area contributed by atoms with Gasteiger partial charge in [-0.05, 0) is 0 Å². The highest BCUT2D eigenvalue weighted by Crippen LogP contribution is 2.56. The Labute approximate surface area is 115 Å². The van der Waals surface area contributed by atoms with Gasteiger partial charge in [-0.1, -0.05) is 12.1 Å². The molecule has 0 unspecified atom stereocenters. The summed E-state index contributed by atoms with van der Waals surface area (Å²) in [4.78, 5) is 9.03. The van der Waals surface area contributed by atoms with Crippen molar-refractivity contribution in [3.05, 3.63) is 39.9 Å². The Morgan fingerprint density at radius 3 is 1.77 bits per heavy atom. The monoisotopic (exact) mass is 341 g/mol. The van der Waals surface area contributed by atoms with Crippen molar-refractivity contribution in [1.82, 2.24) is 0 Å². The van der Waals surface area contributed by atoms with Gasteiger partial charge in [0.2, 0.25) is 0 Å². The third-order valence-corrected chi connectivity index (χ3v) is 2.56. The van der Waals surface area contributed by atoms with E-state index in [1.807, 2.05) is 0 Å². The molecule has 0 radical (unpaired) electrons. The van der Waals surface area contributed by atoms with Crippen LogP contribution in [0.1, 0.15) is 5.56 Å². The third-order valence-electron chi connectivity index (χ3n) is 2.56. The molecule has 0 spiro atoms. The van der Waals surface area contributed by atoms with E-state index in [1.54, 1.807) is 0 Å². The molecule has 0 aliphatic heterocycles. The summed E-state index contributed by atoms with van der Waals surface area (Å²) in [7, 11) is 0. The second-order valence-corrected chi connectivity index (χ2v) is 4.03. The van der Waals surface area contributed by atoms with Crippen molar-refractivity contribution in [2.24, 2.45) is 0 Å². The molecule has 0 fully saturated rings. The summed E-state index contributed by atoms with van der Waals surface area (Å²) < 4.78 is 114. The lowest BCUT2D eigenvalue weighted by molar-refractivity contribution is -0.400. The lowest BCUT2D eigenvalue weighted by Gasteiger charge is -2.33. The quantitative estimate of drug-likeness (QED) is 0.459. The number of halogens is 9.